The second-order valence-corrected chi connectivity index (χ2v) is 13.6. The third-order valence-electron chi connectivity index (χ3n) is 7.24. The van der Waals surface area contributed by atoms with Crippen molar-refractivity contribution in [2.45, 2.75) is 43.2 Å². The Morgan fingerprint density at radius 2 is 1.75 bits per heavy atom. The van der Waals surface area contributed by atoms with E-state index in [4.69, 9.17) is 5.73 Å². The highest BCUT2D eigenvalue weighted by Gasteiger charge is 2.31. The molecule has 2 aliphatic rings. The van der Waals surface area contributed by atoms with Gasteiger partial charge in [0.25, 0.3) is 0 Å². The van der Waals surface area contributed by atoms with Gasteiger partial charge in [0, 0.05) is 50.0 Å². The molecule has 0 spiro atoms. The number of carbonyl (C=O) groups is 1. The summed E-state index contributed by atoms with van der Waals surface area (Å²) in [5.74, 6) is -2.93. The molecule has 3 aromatic rings. The van der Waals surface area contributed by atoms with Crippen molar-refractivity contribution in [3.63, 3.8) is 0 Å². The Morgan fingerprint density at radius 1 is 1.10 bits per heavy atom. The number of hydrogen-bond donors (Lipinski definition) is 3. The minimum atomic E-state index is -3.66. The number of aromatic nitrogens is 1. The van der Waals surface area contributed by atoms with Gasteiger partial charge in [-0.2, -0.15) is 4.31 Å². The lowest BCUT2D eigenvalue weighted by molar-refractivity contribution is 0.103. The predicted octanol–water partition coefficient (Wildman–Crippen LogP) is 3.69. The summed E-state index contributed by atoms with van der Waals surface area (Å²) >= 11 is 0.920. The number of anilines is 3. The van der Waals surface area contributed by atoms with Crippen LogP contribution in [0, 0.1) is 11.6 Å². The summed E-state index contributed by atoms with van der Waals surface area (Å²) in [6, 6.07) is 10.1. The molecule has 2 aromatic carbocycles. The van der Waals surface area contributed by atoms with Crippen LogP contribution in [0.5, 0.6) is 0 Å². The number of hydrogen-bond acceptors (Lipinski definition) is 9. The van der Waals surface area contributed by atoms with Gasteiger partial charge < -0.3 is 21.3 Å². The topological polar surface area (TPSA) is 121 Å². The number of halogens is 2. The maximum atomic E-state index is 14.1. The normalized spacial score (nSPS) is 18.6. The lowest BCUT2D eigenvalue weighted by Crippen LogP contribution is -2.57. The number of benzene rings is 2. The van der Waals surface area contributed by atoms with E-state index in [9.17, 15) is 22.0 Å². The van der Waals surface area contributed by atoms with E-state index in [1.807, 2.05) is 12.1 Å². The van der Waals surface area contributed by atoms with Crippen LogP contribution in [-0.4, -0.2) is 67.8 Å². The van der Waals surface area contributed by atoms with Crippen LogP contribution in [0.3, 0.4) is 0 Å². The number of nitrogen functional groups attached to an aromatic ring is 1. The molecule has 214 valence electrons. The van der Waals surface area contributed by atoms with Gasteiger partial charge in [0.15, 0.2) is 5.13 Å². The lowest BCUT2D eigenvalue weighted by Gasteiger charge is -2.40. The lowest BCUT2D eigenvalue weighted by atomic mass is 10.0. The van der Waals surface area contributed by atoms with Gasteiger partial charge in [0.1, 0.15) is 22.3 Å². The van der Waals surface area contributed by atoms with Crippen LogP contribution in [0.1, 0.15) is 41.9 Å². The van der Waals surface area contributed by atoms with Crippen molar-refractivity contribution in [2.75, 3.05) is 48.7 Å². The second kappa shape index (κ2) is 11.0. The fourth-order valence-corrected chi connectivity index (χ4v) is 7.52. The van der Waals surface area contributed by atoms with E-state index < -0.39 is 33.0 Å². The van der Waals surface area contributed by atoms with E-state index >= 15 is 0 Å². The Hall–Kier alpha value is -3.13. The molecule has 0 amide bonds. The molecular weight excluding hydrogens is 558 g/mol. The molecule has 2 aliphatic heterocycles. The number of thiazole rings is 1. The smallest absolute Gasteiger partial charge is 0.243 e. The number of rotatable bonds is 7. The summed E-state index contributed by atoms with van der Waals surface area (Å²) < 4.78 is 56.3. The average molecular weight is 591 g/mol. The van der Waals surface area contributed by atoms with E-state index in [2.05, 4.69) is 34.4 Å². The van der Waals surface area contributed by atoms with Crippen LogP contribution in [-0.2, 0) is 10.0 Å². The molecule has 0 atom stereocenters. The van der Waals surface area contributed by atoms with Crippen molar-refractivity contribution in [1.29, 1.82) is 0 Å². The Balaban J connectivity index is 1.20. The molecule has 13 heteroatoms. The van der Waals surface area contributed by atoms with Crippen LogP contribution in [0.4, 0.5) is 25.4 Å². The minimum Gasteiger partial charge on any atom is -0.382 e. The first-order valence-electron chi connectivity index (χ1n) is 13.1. The standard InChI is InChI=1S/C27H32F2N6O3S2/c1-27(2)16-34(15-12-31-27)18-6-8-19(9-7-18)40(37,38)35-13-10-17(11-14-35)32-26-33-25(30)24(39-26)23(36)22-20(28)4-3-5-21(22)29/h3-9,17,31H,10-16,30H2,1-2H3,(H,32,33). The molecule has 2 fully saturated rings. The van der Waals surface area contributed by atoms with Crippen molar-refractivity contribution >= 4 is 43.8 Å². The SMILES string of the molecule is CC1(C)CN(c2ccc(S(=O)(=O)N3CCC(Nc4nc(N)c(C(=O)c5c(F)cccc5F)s4)CC3)cc2)CCN1. The third kappa shape index (κ3) is 5.82. The van der Waals surface area contributed by atoms with Gasteiger partial charge in [-0.3, -0.25) is 4.79 Å². The molecule has 5 rings (SSSR count). The van der Waals surface area contributed by atoms with E-state index in [1.54, 1.807) is 12.1 Å². The molecule has 4 N–H and O–H groups in total. The number of sulfonamides is 1. The van der Waals surface area contributed by atoms with Gasteiger partial charge in [-0.15, -0.1) is 0 Å². The number of ketones is 1. The molecule has 0 aliphatic carbocycles. The number of piperazine rings is 1. The molecule has 0 radical (unpaired) electrons. The minimum absolute atomic E-state index is 0.0133. The summed E-state index contributed by atoms with van der Waals surface area (Å²) in [6.07, 6.45) is 1.02. The first-order valence-corrected chi connectivity index (χ1v) is 15.3. The summed E-state index contributed by atoms with van der Waals surface area (Å²) in [4.78, 5) is 19.4. The van der Waals surface area contributed by atoms with Crippen molar-refractivity contribution in [1.82, 2.24) is 14.6 Å². The predicted molar refractivity (Wildman–Crippen MR) is 152 cm³/mol. The summed E-state index contributed by atoms with van der Waals surface area (Å²) in [5, 5.41) is 7.01. The molecule has 1 aromatic heterocycles. The zero-order valence-corrected chi connectivity index (χ0v) is 23.9. The monoisotopic (exact) mass is 590 g/mol. The van der Waals surface area contributed by atoms with E-state index in [-0.39, 0.29) is 27.2 Å². The van der Waals surface area contributed by atoms with Crippen molar-refractivity contribution in [3.8, 4) is 0 Å². The Kier molecular flexibility index (Phi) is 7.83. The number of carbonyl (C=O) groups excluding carboxylic acids is 1. The van der Waals surface area contributed by atoms with Gasteiger partial charge >= 0.3 is 0 Å². The zero-order valence-electron chi connectivity index (χ0n) is 22.3. The van der Waals surface area contributed by atoms with Crippen LogP contribution in [0.2, 0.25) is 0 Å². The fraction of sp³-hybridized carbons (Fsp3) is 0.407. The maximum absolute atomic E-state index is 14.1. The van der Waals surface area contributed by atoms with E-state index in [0.29, 0.717) is 31.1 Å². The largest absolute Gasteiger partial charge is 0.382 e. The van der Waals surface area contributed by atoms with Gasteiger partial charge in [-0.05, 0) is 63.1 Å². The molecule has 2 saturated heterocycles. The van der Waals surface area contributed by atoms with Crippen LogP contribution in [0.25, 0.3) is 0 Å². The molecular formula is C27H32F2N6O3S2. The highest BCUT2D eigenvalue weighted by atomic mass is 32.2. The Morgan fingerprint density at radius 3 is 2.38 bits per heavy atom. The van der Waals surface area contributed by atoms with Crippen LogP contribution in [0.15, 0.2) is 47.4 Å². The molecule has 0 bridgehead atoms. The van der Waals surface area contributed by atoms with Gasteiger partial charge in [0.05, 0.1) is 10.5 Å². The van der Waals surface area contributed by atoms with Crippen LogP contribution >= 0.6 is 11.3 Å². The fourth-order valence-electron chi connectivity index (χ4n) is 5.14. The van der Waals surface area contributed by atoms with Gasteiger partial charge in [0.2, 0.25) is 15.8 Å². The number of nitrogens with zero attached hydrogens (tertiary/aromatic N) is 3. The Labute approximate surface area is 236 Å². The highest BCUT2D eigenvalue weighted by Crippen LogP contribution is 2.31. The van der Waals surface area contributed by atoms with E-state index in [0.717, 1.165) is 48.8 Å². The number of nitrogens with two attached hydrogens (primary N) is 1. The molecule has 40 heavy (non-hydrogen) atoms. The van der Waals surface area contributed by atoms with Crippen LogP contribution < -0.4 is 21.3 Å². The Bertz CT molecular complexity index is 1480. The summed E-state index contributed by atoms with van der Waals surface area (Å²) in [6.45, 7) is 7.46. The maximum Gasteiger partial charge on any atom is 0.243 e. The van der Waals surface area contributed by atoms with E-state index in [1.165, 1.54) is 10.4 Å². The molecule has 3 heterocycles. The number of nitrogens with one attached hydrogen (secondary N) is 2. The van der Waals surface area contributed by atoms with Gasteiger partial charge in [-0.25, -0.2) is 22.2 Å². The van der Waals surface area contributed by atoms with Crippen molar-refractivity contribution < 1.29 is 22.0 Å². The zero-order chi connectivity index (χ0) is 28.7. The van der Waals surface area contributed by atoms with Gasteiger partial charge in [-0.1, -0.05) is 17.4 Å². The summed E-state index contributed by atoms with van der Waals surface area (Å²) in [7, 11) is -3.66. The molecule has 0 unspecified atom stereocenters. The second-order valence-electron chi connectivity index (χ2n) is 10.7. The summed E-state index contributed by atoms with van der Waals surface area (Å²) in [5.41, 5.74) is 6.21. The first-order chi connectivity index (χ1) is 18.9. The molecule has 9 nitrogen and oxygen atoms in total. The highest BCUT2D eigenvalue weighted by molar-refractivity contribution is 7.89. The first kappa shape index (κ1) is 28.4. The molecule has 0 saturated carbocycles. The van der Waals surface area contributed by atoms with Crippen molar-refractivity contribution in [3.05, 3.63) is 64.5 Å². The number of piperidine rings is 1. The average Bonchev–Trinajstić information content (AvgIpc) is 3.28. The van der Waals surface area contributed by atoms with Crippen molar-refractivity contribution in [2.24, 2.45) is 0 Å². The third-order valence-corrected chi connectivity index (χ3v) is 10.2. The quantitative estimate of drug-likeness (QED) is 0.357.